The maximum absolute atomic E-state index is 11.6. The molecule has 0 fully saturated rings. The number of hydrogen-bond donors (Lipinski definition) is 2. The van der Waals surface area contributed by atoms with Gasteiger partial charge in [-0.1, -0.05) is 18.2 Å². The molecule has 0 spiro atoms. The van der Waals surface area contributed by atoms with Crippen molar-refractivity contribution in [1.82, 2.24) is 20.4 Å². The zero-order valence-electron chi connectivity index (χ0n) is 9.81. The highest BCUT2D eigenvalue weighted by Crippen LogP contribution is 2.11. The molecule has 0 atom stereocenters. The summed E-state index contributed by atoms with van der Waals surface area (Å²) in [6, 6.07) is 7.85. The molecule has 0 aliphatic heterocycles. The Morgan fingerprint density at radius 1 is 1.35 bits per heavy atom. The summed E-state index contributed by atoms with van der Waals surface area (Å²) in [5.74, 6) is -0.0193. The van der Waals surface area contributed by atoms with Crippen molar-refractivity contribution in [3.63, 3.8) is 0 Å². The van der Waals surface area contributed by atoms with Gasteiger partial charge in [0, 0.05) is 18.5 Å². The van der Waals surface area contributed by atoms with Crippen LogP contribution in [-0.2, 0) is 11.3 Å². The average Bonchev–Trinajstić information content (AvgIpc) is 2.73. The molecule has 2 N–H and O–H groups in total. The molecule has 1 aromatic heterocycles. The van der Waals surface area contributed by atoms with Gasteiger partial charge in [0.1, 0.15) is 6.54 Å². The number of carbonyl (C=O) groups excluding carboxylic acids is 1. The molecule has 1 heterocycles. The highest BCUT2D eigenvalue weighted by Gasteiger charge is 2.06. The van der Waals surface area contributed by atoms with Crippen LogP contribution in [0.2, 0.25) is 0 Å². The minimum absolute atomic E-state index is 0.0193. The summed E-state index contributed by atoms with van der Waals surface area (Å²) in [4.78, 5) is 11.6. The zero-order chi connectivity index (χ0) is 12.1. The Balaban J connectivity index is 2.01. The van der Waals surface area contributed by atoms with E-state index in [1.54, 1.807) is 10.9 Å². The molecule has 0 aliphatic carbocycles. The van der Waals surface area contributed by atoms with Crippen LogP contribution in [0, 0.1) is 0 Å². The van der Waals surface area contributed by atoms with Crippen molar-refractivity contribution < 1.29 is 4.79 Å². The number of benzene rings is 1. The molecule has 0 unspecified atom stereocenters. The van der Waals surface area contributed by atoms with Crippen LogP contribution in [-0.4, -0.2) is 35.8 Å². The van der Waals surface area contributed by atoms with E-state index in [9.17, 15) is 4.79 Å². The maximum Gasteiger partial charge on any atom is 0.241 e. The summed E-state index contributed by atoms with van der Waals surface area (Å²) >= 11 is 0. The molecule has 1 amide bonds. The second-order valence-electron chi connectivity index (χ2n) is 3.81. The lowest BCUT2D eigenvalue weighted by Crippen LogP contribution is -2.33. The minimum atomic E-state index is -0.0193. The second-order valence-corrected chi connectivity index (χ2v) is 3.81. The van der Waals surface area contributed by atoms with Gasteiger partial charge in [-0.25, -0.2) is 0 Å². The van der Waals surface area contributed by atoms with E-state index >= 15 is 0 Å². The van der Waals surface area contributed by atoms with Gasteiger partial charge in [0.25, 0.3) is 0 Å². The third-order valence-electron chi connectivity index (χ3n) is 2.54. The molecule has 0 saturated carbocycles. The van der Waals surface area contributed by atoms with Gasteiger partial charge in [0.15, 0.2) is 0 Å². The van der Waals surface area contributed by atoms with Crippen LogP contribution in [0.3, 0.4) is 0 Å². The summed E-state index contributed by atoms with van der Waals surface area (Å²) in [5.41, 5.74) is 0.983. The number of carbonyl (C=O) groups is 1. The van der Waals surface area contributed by atoms with Crippen LogP contribution in [0.5, 0.6) is 0 Å². The number of amides is 1. The Bertz CT molecular complexity index is 506. The molecule has 0 aliphatic rings. The van der Waals surface area contributed by atoms with Crippen molar-refractivity contribution in [2.45, 2.75) is 6.54 Å². The quantitative estimate of drug-likeness (QED) is 0.732. The fourth-order valence-corrected chi connectivity index (χ4v) is 1.67. The van der Waals surface area contributed by atoms with Crippen molar-refractivity contribution >= 4 is 16.8 Å². The van der Waals surface area contributed by atoms with E-state index in [-0.39, 0.29) is 12.5 Å². The van der Waals surface area contributed by atoms with Gasteiger partial charge < -0.3 is 10.6 Å². The Morgan fingerprint density at radius 2 is 2.18 bits per heavy atom. The Kier molecular flexibility index (Phi) is 3.72. The predicted octanol–water partition coefficient (Wildman–Crippen LogP) is 0.372. The first-order chi connectivity index (χ1) is 8.31. The van der Waals surface area contributed by atoms with Crippen LogP contribution in [0.4, 0.5) is 0 Å². The van der Waals surface area contributed by atoms with E-state index in [0.29, 0.717) is 6.54 Å². The standard InChI is InChI=1S/C12H16N4O/c1-13-6-7-14-12(17)9-16-11-5-3-2-4-10(11)8-15-16/h2-5,8,13H,6-7,9H2,1H3,(H,14,17). The lowest BCUT2D eigenvalue weighted by atomic mass is 10.2. The van der Waals surface area contributed by atoms with Crippen molar-refractivity contribution in [2.24, 2.45) is 0 Å². The normalized spacial score (nSPS) is 10.6. The molecule has 1 aromatic carbocycles. The number of nitrogens with one attached hydrogen (secondary N) is 2. The van der Waals surface area contributed by atoms with Crippen molar-refractivity contribution in [2.75, 3.05) is 20.1 Å². The Hall–Kier alpha value is -1.88. The topological polar surface area (TPSA) is 58.9 Å². The molecule has 0 radical (unpaired) electrons. The first kappa shape index (κ1) is 11.6. The summed E-state index contributed by atoms with van der Waals surface area (Å²) in [7, 11) is 1.85. The van der Waals surface area contributed by atoms with E-state index in [2.05, 4.69) is 15.7 Å². The smallest absolute Gasteiger partial charge is 0.241 e. The summed E-state index contributed by atoms with van der Waals surface area (Å²) < 4.78 is 1.71. The number of hydrogen-bond acceptors (Lipinski definition) is 3. The second kappa shape index (κ2) is 5.45. The van der Waals surface area contributed by atoms with E-state index in [0.717, 1.165) is 17.4 Å². The number of fused-ring (bicyclic) bond motifs is 1. The van der Waals surface area contributed by atoms with Gasteiger partial charge in [-0.2, -0.15) is 5.10 Å². The molecule has 5 heteroatoms. The van der Waals surface area contributed by atoms with Crippen LogP contribution in [0.25, 0.3) is 10.9 Å². The number of rotatable bonds is 5. The van der Waals surface area contributed by atoms with Gasteiger partial charge in [0.05, 0.1) is 11.7 Å². The van der Waals surface area contributed by atoms with Crippen molar-refractivity contribution in [3.05, 3.63) is 30.5 Å². The van der Waals surface area contributed by atoms with E-state index in [1.807, 2.05) is 31.3 Å². The van der Waals surface area contributed by atoms with Gasteiger partial charge in [0.2, 0.25) is 5.91 Å². The maximum atomic E-state index is 11.6. The van der Waals surface area contributed by atoms with Crippen molar-refractivity contribution in [1.29, 1.82) is 0 Å². The number of para-hydroxylation sites is 1. The molecule has 0 saturated heterocycles. The lowest BCUT2D eigenvalue weighted by Gasteiger charge is -2.05. The largest absolute Gasteiger partial charge is 0.353 e. The van der Waals surface area contributed by atoms with E-state index in [1.165, 1.54) is 0 Å². The molecular weight excluding hydrogens is 216 g/mol. The van der Waals surface area contributed by atoms with Gasteiger partial charge in [-0.05, 0) is 13.1 Å². The highest BCUT2D eigenvalue weighted by atomic mass is 16.2. The first-order valence-corrected chi connectivity index (χ1v) is 5.63. The SMILES string of the molecule is CNCCNC(=O)Cn1ncc2ccccc21. The first-order valence-electron chi connectivity index (χ1n) is 5.63. The molecule has 17 heavy (non-hydrogen) atoms. The fraction of sp³-hybridized carbons (Fsp3) is 0.333. The van der Waals surface area contributed by atoms with E-state index in [4.69, 9.17) is 0 Å². The summed E-state index contributed by atoms with van der Waals surface area (Å²) in [5, 5.41) is 11.1. The van der Waals surface area contributed by atoms with Crippen molar-refractivity contribution in [3.8, 4) is 0 Å². The lowest BCUT2D eigenvalue weighted by molar-refractivity contribution is -0.121. The Labute approximate surface area is 99.8 Å². The van der Waals surface area contributed by atoms with Gasteiger partial charge in [-0.3, -0.25) is 9.48 Å². The Morgan fingerprint density at radius 3 is 3.00 bits per heavy atom. The zero-order valence-corrected chi connectivity index (χ0v) is 9.81. The predicted molar refractivity (Wildman–Crippen MR) is 66.7 cm³/mol. The average molecular weight is 232 g/mol. The van der Waals surface area contributed by atoms with Gasteiger partial charge in [-0.15, -0.1) is 0 Å². The number of likely N-dealkylation sites (N-methyl/N-ethyl adjacent to an activating group) is 1. The highest BCUT2D eigenvalue weighted by molar-refractivity contribution is 5.81. The van der Waals surface area contributed by atoms with Crippen LogP contribution in [0.15, 0.2) is 30.5 Å². The molecular formula is C12H16N4O. The van der Waals surface area contributed by atoms with Crippen LogP contribution >= 0.6 is 0 Å². The third-order valence-corrected chi connectivity index (χ3v) is 2.54. The van der Waals surface area contributed by atoms with Crippen LogP contribution in [0.1, 0.15) is 0 Å². The monoisotopic (exact) mass is 232 g/mol. The minimum Gasteiger partial charge on any atom is -0.353 e. The summed E-state index contributed by atoms with van der Waals surface area (Å²) in [6.07, 6.45) is 1.77. The number of nitrogens with zero attached hydrogens (tertiary/aromatic N) is 2. The third kappa shape index (κ3) is 2.82. The van der Waals surface area contributed by atoms with Gasteiger partial charge >= 0.3 is 0 Å². The van der Waals surface area contributed by atoms with E-state index < -0.39 is 0 Å². The molecule has 0 bridgehead atoms. The number of aromatic nitrogens is 2. The fourth-order valence-electron chi connectivity index (χ4n) is 1.67. The molecule has 2 aromatic rings. The molecule has 5 nitrogen and oxygen atoms in total. The van der Waals surface area contributed by atoms with Crippen LogP contribution < -0.4 is 10.6 Å². The summed E-state index contributed by atoms with van der Waals surface area (Å²) in [6.45, 7) is 1.66. The molecule has 90 valence electrons. The molecule has 2 rings (SSSR count).